The van der Waals surface area contributed by atoms with Gasteiger partial charge in [0, 0.05) is 16.8 Å². The van der Waals surface area contributed by atoms with Crippen LogP contribution in [0, 0.1) is 0 Å². The Morgan fingerprint density at radius 3 is 2.54 bits per heavy atom. The number of pyridine rings is 1. The van der Waals surface area contributed by atoms with E-state index in [-0.39, 0.29) is 5.91 Å². The fraction of sp³-hybridized carbons (Fsp3) is 0. The summed E-state index contributed by atoms with van der Waals surface area (Å²) < 4.78 is 0. The molecule has 0 atom stereocenters. The molecule has 4 rings (SSSR count). The van der Waals surface area contributed by atoms with E-state index >= 15 is 0 Å². The van der Waals surface area contributed by atoms with Crippen molar-refractivity contribution >= 4 is 46.8 Å². The molecule has 1 amide bonds. The molecule has 0 saturated heterocycles. The number of aromatic nitrogens is 1. The Balaban J connectivity index is 1.62. The summed E-state index contributed by atoms with van der Waals surface area (Å²) in [4.78, 5) is 25.3. The monoisotopic (exact) mass is 360 g/mol. The molecule has 1 aliphatic heterocycles. The molecule has 0 fully saturated rings. The highest BCUT2D eigenvalue weighted by atomic mass is 35.5. The second kappa shape index (κ2) is 6.90. The fourth-order valence-electron chi connectivity index (χ4n) is 2.56. The predicted octanol–water partition coefficient (Wildman–Crippen LogP) is 4.56. The Hall–Kier alpha value is -3.31. The van der Waals surface area contributed by atoms with Gasteiger partial charge in [-0.2, -0.15) is 0 Å². The van der Waals surface area contributed by atoms with E-state index in [1.54, 1.807) is 36.5 Å². The van der Waals surface area contributed by atoms with E-state index < -0.39 is 0 Å². The van der Waals surface area contributed by atoms with Crippen LogP contribution in [0.5, 0.6) is 0 Å². The van der Waals surface area contributed by atoms with Gasteiger partial charge in [-0.05, 0) is 35.9 Å². The van der Waals surface area contributed by atoms with Crippen LogP contribution in [0.1, 0.15) is 11.1 Å². The van der Waals surface area contributed by atoms with E-state index in [0.29, 0.717) is 22.4 Å². The summed E-state index contributed by atoms with van der Waals surface area (Å²) in [7, 11) is 0. The summed E-state index contributed by atoms with van der Waals surface area (Å²) in [6.07, 6.45) is 1.70. The van der Waals surface area contributed by atoms with Crippen molar-refractivity contribution in [2.24, 2.45) is 9.98 Å². The number of carbonyl (C=O) groups is 1. The SMILES string of the molecule is O=C1Nc2ccccc2C1=Nc1cccc(N=Cc2ccc(Cl)cc2)n1. The molecule has 0 saturated carbocycles. The molecule has 5 nitrogen and oxygen atoms in total. The molecule has 0 aliphatic carbocycles. The van der Waals surface area contributed by atoms with E-state index in [1.807, 2.05) is 36.4 Å². The van der Waals surface area contributed by atoms with Gasteiger partial charge in [-0.1, -0.05) is 48.0 Å². The molecule has 1 aromatic heterocycles. The van der Waals surface area contributed by atoms with Crippen LogP contribution in [0.2, 0.25) is 5.02 Å². The van der Waals surface area contributed by atoms with Crippen molar-refractivity contribution in [3.63, 3.8) is 0 Å². The van der Waals surface area contributed by atoms with Gasteiger partial charge >= 0.3 is 0 Å². The number of fused-ring (bicyclic) bond motifs is 1. The minimum Gasteiger partial charge on any atom is -0.320 e. The van der Waals surface area contributed by atoms with E-state index in [2.05, 4.69) is 20.3 Å². The molecule has 0 bridgehead atoms. The van der Waals surface area contributed by atoms with Gasteiger partial charge in [-0.15, -0.1) is 0 Å². The molecular weight excluding hydrogens is 348 g/mol. The Morgan fingerprint density at radius 2 is 1.69 bits per heavy atom. The summed E-state index contributed by atoms with van der Waals surface area (Å²) >= 11 is 5.87. The lowest BCUT2D eigenvalue weighted by Gasteiger charge is -1.99. The third-order valence-electron chi connectivity index (χ3n) is 3.81. The molecular formula is C20H13ClN4O. The molecule has 2 heterocycles. The van der Waals surface area contributed by atoms with Crippen molar-refractivity contribution in [3.05, 3.63) is 82.9 Å². The number of anilines is 1. The Morgan fingerprint density at radius 1 is 0.923 bits per heavy atom. The van der Waals surface area contributed by atoms with E-state index in [4.69, 9.17) is 11.6 Å². The van der Waals surface area contributed by atoms with Crippen molar-refractivity contribution in [2.75, 3.05) is 5.32 Å². The van der Waals surface area contributed by atoms with Gasteiger partial charge in [-0.25, -0.2) is 15.0 Å². The topological polar surface area (TPSA) is 66.7 Å². The number of benzene rings is 2. The maximum atomic E-state index is 12.1. The van der Waals surface area contributed by atoms with E-state index in [9.17, 15) is 4.79 Å². The molecule has 2 aromatic carbocycles. The van der Waals surface area contributed by atoms with Crippen LogP contribution in [-0.4, -0.2) is 22.8 Å². The third-order valence-corrected chi connectivity index (χ3v) is 4.06. The number of amides is 1. The number of halogens is 1. The van der Waals surface area contributed by atoms with Gasteiger partial charge in [0.25, 0.3) is 5.91 Å². The highest BCUT2D eigenvalue weighted by molar-refractivity contribution is 6.54. The second-order valence-electron chi connectivity index (χ2n) is 5.62. The zero-order valence-electron chi connectivity index (χ0n) is 13.6. The van der Waals surface area contributed by atoms with Crippen LogP contribution in [0.15, 0.2) is 76.7 Å². The highest BCUT2D eigenvalue weighted by Crippen LogP contribution is 2.25. The van der Waals surface area contributed by atoms with Crippen LogP contribution in [0.3, 0.4) is 0 Å². The largest absolute Gasteiger partial charge is 0.320 e. The van der Waals surface area contributed by atoms with Gasteiger partial charge in [0.05, 0.1) is 5.69 Å². The Labute approximate surface area is 155 Å². The molecule has 0 spiro atoms. The van der Waals surface area contributed by atoms with Crippen molar-refractivity contribution in [3.8, 4) is 0 Å². The highest BCUT2D eigenvalue weighted by Gasteiger charge is 2.25. The van der Waals surface area contributed by atoms with Crippen molar-refractivity contribution in [1.29, 1.82) is 0 Å². The molecule has 3 aromatic rings. The predicted molar refractivity (Wildman–Crippen MR) is 104 cm³/mol. The Bertz CT molecular complexity index is 1040. The van der Waals surface area contributed by atoms with Gasteiger partial charge in [0.1, 0.15) is 5.71 Å². The molecule has 1 aliphatic rings. The lowest BCUT2D eigenvalue weighted by Crippen LogP contribution is -2.14. The zero-order valence-corrected chi connectivity index (χ0v) is 14.3. The van der Waals surface area contributed by atoms with Crippen LogP contribution in [-0.2, 0) is 4.79 Å². The molecule has 1 N–H and O–H groups in total. The average Bonchev–Trinajstić information content (AvgIpc) is 2.97. The number of hydrogen-bond acceptors (Lipinski definition) is 4. The van der Waals surface area contributed by atoms with Gasteiger partial charge in [0.2, 0.25) is 0 Å². The molecule has 6 heteroatoms. The fourth-order valence-corrected chi connectivity index (χ4v) is 2.69. The van der Waals surface area contributed by atoms with Crippen LogP contribution >= 0.6 is 11.6 Å². The van der Waals surface area contributed by atoms with Crippen molar-refractivity contribution in [2.45, 2.75) is 0 Å². The summed E-state index contributed by atoms with van der Waals surface area (Å²) in [5, 5.41) is 3.47. The van der Waals surface area contributed by atoms with Crippen LogP contribution < -0.4 is 5.32 Å². The lowest BCUT2D eigenvalue weighted by atomic mass is 10.1. The lowest BCUT2D eigenvalue weighted by molar-refractivity contribution is -0.110. The summed E-state index contributed by atoms with van der Waals surface area (Å²) in [5.74, 6) is 0.703. The summed E-state index contributed by atoms with van der Waals surface area (Å²) in [6.45, 7) is 0. The minimum atomic E-state index is -0.233. The number of nitrogens with zero attached hydrogens (tertiary/aromatic N) is 3. The summed E-state index contributed by atoms with van der Waals surface area (Å²) in [6, 6.07) is 20.1. The van der Waals surface area contributed by atoms with Crippen LogP contribution in [0.25, 0.3) is 0 Å². The van der Waals surface area contributed by atoms with E-state index in [0.717, 1.165) is 16.8 Å². The molecule has 0 radical (unpaired) electrons. The summed E-state index contributed by atoms with van der Waals surface area (Å²) in [5.41, 5.74) is 2.80. The maximum Gasteiger partial charge on any atom is 0.275 e. The van der Waals surface area contributed by atoms with Gasteiger partial charge in [0.15, 0.2) is 11.6 Å². The second-order valence-corrected chi connectivity index (χ2v) is 6.06. The number of carbonyl (C=O) groups excluding carboxylic acids is 1. The quantitative estimate of drug-likeness (QED) is 0.696. The van der Waals surface area contributed by atoms with Crippen molar-refractivity contribution in [1.82, 2.24) is 4.98 Å². The van der Waals surface area contributed by atoms with Gasteiger partial charge < -0.3 is 5.32 Å². The standard InChI is InChI=1S/C20H13ClN4O/c21-14-10-8-13(9-11-14)12-22-17-6-3-7-18(24-17)25-19-15-4-1-2-5-16(15)23-20(19)26/h1-12H,(H,23,24,25,26). The number of para-hydroxylation sites is 1. The molecule has 0 unspecified atom stereocenters. The number of nitrogens with one attached hydrogen (secondary N) is 1. The minimum absolute atomic E-state index is 0.233. The first-order chi connectivity index (χ1) is 12.7. The molecule has 26 heavy (non-hydrogen) atoms. The molecule has 126 valence electrons. The number of hydrogen-bond donors (Lipinski definition) is 1. The smallest absolute Gasteiger partial charge is 0.275 e. The van der Waals surface area contributed by atoms with Crippen LogP contribution in [0.4, 0.5) is 17.3 Å². The Kier molecular flexibility index (Phi) is 4.29. The third kappa shape index (κ3) is 3.38. The first-order valence-electron chi connectivity index (χ1n) is 7.95. The first kappa shape index (κ1) is 16.2. The van der Waals surface area contributed by atoms with E-state index in [1.165, 1.54) is 0 Å². The number of rotatable bonds is 3. The zero-order chi connectivity index (χ0) is 17.9. The first-order valence-corrected chi connectivity index (χ1v) is 8.33. The van der Waals surface area contributed by atoms with Gasteiger partial charge in [-0.3, -0.25) is 4.79 Å². The normalized spacial score (nSPS) is 14.7. The average molecular weight is 361 g/mol. The maximum absolute atomic E-state index is 12.1. The van der Waals surface area contributed by atoms with Crippen molar-refractivity contribution < 1.29 is 4.79 Å². The number of aliphatic imine (C=N–C) groups is 2.